The first-order valence-electron chi connectivity index (χ1n) is 4.65. The number of aryl methyl sites for hydroxylation is 1. The molecule has 0 saturated carbocycles. The second-order valence-electron chi connectivity index (χ2n) is 3.54. The van der Waals surface area contributed by atoms with E-state index in [9.17, 15) is 9.59 Å². The average molecular weight is 242 g/mol. The number of hydrogen-bond donors (Lipinski definition) is 1. The molecule has 0 aliphatic carbocycles. The van der Waals surface area contributed by atoms with Gasteiger partial charge in [0.25, 0.3) is 5.91 Å². The molecule has 4 nitrogen and oxygen atoms in total. The predicted molar refractivity (Wildman–Crippen MR) is 60.8 cm³/mol. The summed E-state index contributed by atoms with van der Waals surface area (Å²) in [6, 6.07) is 5.02. The molecule has 0 atom stereocenters. The van der Waals surface area contributed by atoms with Crippen molar-refractivity contribution in [2.45, 2.75) is 6.92 Å². The van der Waals surface area contributed by atoms with Gasteiger partial charge >= 0.3 is 5.97 Å². The minimum Gasteiger partial charge on any atom is -0.480 e. The average Bonchev–Trinajstić information content (AvgIpc) is 2.15. The van der Waals surface area contributed by atoms with Gasteiger partial charge in [0.05, 0.1) is 10.6 Å². The van der Waals surface area contributed by atoms with Crippen LogP contribution in [0, 0.1) is 6.92 Å². The second kappa shape index (κ2) is 4.99. The van der Waals surface area contributed by atoms with Crippen molar-refractivity contribution in [3.8, 4) is 0 Å². The van der Waals surface area contributed by atoms with E-state index in [0.717, 1.165) is 10.5 Å². The molecule has 1 rings (SSSR count). The number of aliphatic carboxylic acids is 1. The van der Waals surface area contributed by atoms with Gasteiger partial charge in [-0.25, -0.2) is 0 Å². The van der Waals surface area contributed by atoms with Crippen molar-refractivity contribution in [1.82, 2.24) is 4.90 Å². The summed E-state index contributed by atoms with van der Waals surface area (Å²) in [7, 11) is 1.42. The topological polar surface area (TPSA) is 57.6 Å². The van der Waals surface area contributed by atoms with Crippen molar-refractivity contribution in [3.05, 3.63) is 34.3 Å². The zero-order valence-electron chi connectivity index (χ0n) is 9.03. The molecule has 0 bridgehead atoms. The summed E-state index contributed by atoms with van der Waals surface area (Å²) < 4.78 is 0. The molecule has 0 aliphatic heterocycles. The lowest BCUT2D eigenvalue weighted by molar-refractivity contribution is -0.137. The summed E-state index contributed by atoms with van der Waals surface area (Å²) >= 11 is 5.91. The number of benzene rings is 1. The molecule has 5 heteroatoms. The molecule has 0 saturated heterocycles. The van der Waals surface area contributed by atoms with Gasteiger partial charge in [0, 0.05) is 7.05 Å². The van der Waals surface area contributed by atoms with Crippen LogP contribution < -0.4 is 0 Å². The van der Waals surface area contributed by atoms with Gasteiger partial charge in [0.1, 0.15) is 6.54 Å². The lowest BCUT2D eigenvalue weighted by Crippen LogP contribution is -2.32. The first-order chi connectivity index (χ1) is 7.41. The Bertz CT molecular complexity index is 431. The Balaban J connectivity index is 2.92. The van der Waals surface area contributed by atoms with E-state index in [1.165, 1.54) is 7.05 Å². The molecule has 1 aromatic rings. The third-order valence-corrected chi connectivity index (χ3v) is 2.39. The van der Waals surface area contributed by atoms with Gasteiger partial charge in [0.2, 0.25) is 0 Å². The van der Waals surface area contributed by atoms with E-state index >= 15 is 0 Å². The lowest BCUT2D eigenvalue weighted by Gasteiger charge is -2.15. The Morgan fingerprint density at radius 2 is 2.06 bits per heavy atom. The van der Waals surface area contributed by atoms with E-state index in [1.54, 1.807) is 18.2 Å². The Morgan fingerprint density at radius 3 is 2.56 bits per heavy atom. The van der Waals surface area contributed by atoms with Gasteiger partial charge in [0.15, 0.2) is 0 Å². The van der Waals surface area contributed by atoms with Crippen LogP contribution in [0.4, 0.5) is 0 Å². The fraction of sp³-hybridized carbons (Fsp3) is 0.273. The van der Waals surface area contributed by atoms with E-state index in [-0.39, 0.29) is 6.54 Å². The minimum absolute atomic E-state index is 0.316. The van der Waals surface area contributed by atoms with E-state index in [0.29, 0.717) is 10.6 Å². The molecule has 0 fully saturated rings. The van der Waals surface area contributed by atoms with Gasteiger partial charge in [-0.3, -0.25) is 9.59 Å². The molecular formula is C11H12ClNO3. The molecule has 0 aromatic heterocycles. The van der Waals surface area contributed by atoms with Crippen LogP contribution in [0.2, 0.25) is 5.02 Å². The molecule has 0 radical (unpaired) electrons. The van der Waals surface area contributed by atoms with Crippen LogP contribution in [0.1, 0.15) is 15.9 Å². The second-order valence-corrected chi connectivity index (χ2v) is 3.95. The maximum Gasteiger partial charge on any atom is 0.323 e. The Morgan fingerprint density at radius 1 is 1.44 bits per heavy atom. The van der Waals surface area contributed by atoms with Crippen molar-refractivity contribution >= 4 is 23.5 Å². The molecule has 0 spiro atoms. The summed E-state index contributed by atoms with van der Waals surface area (Å²) in [5, 5.41) is 8.90. The molecule has 1 amide bonds. The van der Waals surface area contributed by atoms with Crippen molar-refractivity contribution < 1.29 is 14.7 Å². The smallest absolute Gasteiger partial charge is 0.323 e. The van der Waals surface area contributed by atoms with E-state index in [1.807, 2.05) is 6.92 Å². The minimum atomic E-state index is -1.06. The van der Waals surface area contributed by atoms with Crippen LogP contribution in [0.25, 0.3) is 0 Å². The largest absolute Gasteiger partial charge is 0.480 e. The van der Waals surface area contributed by atoms with Crippen LogP contribution >= 0.6 is 11.6 Å². The van der Waals surface area contributed by atoms with Crippen LogP contribution in [-0.4, -0.2) is 35.5 Å². The fourth-order valence-electron chi connectivity index (χ4n) is 1.27. The third kappa shape index (κ3) is 2.97. The first-order valence-corrected chi connectivity index (χ1v) is 5.03. The highest BCUT2D eigenvalue weighted by Gasteiger charge is 2.16. The van der Waals surface area contributed by atoms with Crippen LogP contribution in [0.5, 0.6) is 0 Å². The number of hydrogen-bond acceptors (Lipinski definition) is 2. The number of carboxylic acids is 1. The monoisotopic (exact) mass is 241 g/mol. The molecule has 86 valence electrons. The fourth-order valence-corrected chi connectivity index (χ4v) is 1.59. The van der Waals surface area contributed by atoms with E-state index in [4.69, 9.17) is 16.7 Å². The summed E-state index contributed by atoms with van der Waals surface area (Å²) in [5.74, 6) is -1.45. The summed E-state index contributed by atoms with van der Waals surface area (Å²) in [6.07, 6.45) is 0. The summed E-state index contributed by atoms with van der Waals surface area (Å²) in [6.45, 7) is 1.52. The number of halogens is 1. The predicted octanol–water partition coefficient (Wildman–Crippen LogP) is 1.81. The van der Waals surface area contributed by atoms with Crippen LogP contribution in [0.15, 0.2) is 18.2 Å². The number of carbonyl (C=O) groups is 2. The van der Waals surface area contributed by atoms with E-state index < -0.39 is 11.9 Å². The van der Waals surface area contributed by atoms with E-state index in [2.05, 4.69) is 0 Å². The number of amides is 1. The van der Waals surface area contributed by atoms with Gasteiger partial charge in [-0.2, -0.15) is 0 Å². The summed E-state index contributed by atoms with van der Waals surface area (Å²) in [5.41, 5.74) is 1.26. The van der Waals surface area contributed by atoms with Gasteiger partial charge in [-0.15, -0.1) is 0 Å². The number of carboxylic acid groups (broad SMARTS) is 1. The van der Waals surface area contributed by atoms with Crippen molar-refractivity contribution in [2.24, 2.45) is 0 Å². The highest BCUT2D eigenvalue weighted by atomic mass is 35.5. The summed E-state index contributed by atoms with van der Waals surface area (Å²) in [4.78, 5) is 23.4. The maximum atomic E-state index is 11.8. The first kappa shape index (κ1) is 12.5. The molecule has 16 heavy (non-hydrogen) atoms. The number of likely N-dealkylation sites (N-methyl/N-ethyl adjacent to an activating group) is 1. The van der Waals surface area contributed by atoms with Crippen molar-refractivity contribution in [3.63, 3.8) is 0 Å². The quantitative estimate of drug-likeness (QED) is 0.878. The Hall–Kier alpha value is -1.55. The molecule has 0 heterocycles. The number of carbonyl (C=O) groups excluding carboxylic acids is 1. The third-order valence-electron chi connectivity index (χ3n) is 2.07. The van der Waals surface area contributed by atoms with Crippen LogP contribution in [0.3, 0.4) is 0 Å². The lowest BCUT2D eigenvalue weighted by atomic mass is 10.1. The molecular weight excluding hydrogens is 230 g/mol. The zero-order chi connectivity index (χ0) is 12.3. The Kier molecular flexibility index (Phi) is 3.90. The SMILES string of the molecule is Cc1ccc(C(=O)N(C)CC(=O)O)c(Cl)c1. The standard InChI is InChI=1S/C11H12ClNO3/c1-7-3-4-8(9(12)5-7)11(16)13(2)6-10(14)15/h3-5H,6H2,1-2H3,(H,14,15). The van der Waals surface area contributed by atoms with Crippen molar-refractivity contribution in [2.75, 3.05) is 13.6 Å². The van der Waals surface area contributed by atoms with Gasteiger partial charge in [-0.1, -0.05) is 17.7 Å². The van der Waals surface area contributed by atoms with Gasteiger partial charge < -0.3 is 10.0 Å². The maximum absolute atomic E-state index is 11.8. The van der Waals surface area contributed by atoms with Crippen molar-refractivity contribution in [1.29, 1.82) is 0 Å². The van der Waals surface area contributed by atoms with Crippen LogP contribution in [-0.2, 0) is 4.79 Å². The molecule has 1 aromatic carbocycles. The zero-order valence-corrected chi connectivity index (χ0v) is 9.78. The molecule has 1 N–H and O–H groups in total. The highest BCUT2D eigenvalue weighted by Crippen LogP contribution is 2.18. The highest BCUT2D eigenvalue weighted by molar-refractivity contribution is 6.33. The normalized spacial score (nSPS) is 9.94. The van der Waals surface area contributed by atoms with Gasteiger partial charge in [-0.05, 0) is 24.6 Å². The molecule has 0 unspecified atom stereocenters. The molecule has 0 aliphatic rings. The Labute approximate surface area is 98.4 Å². The number of nitrogens with zero attached hydrogens (tertiary/aromatic N) is 1. The number of rotatable bonds is 3.